The minimum Gasteiger partial charge on any atom is -0.377 e. The van der Waals surface area contributed by atoms with E-state index in [0.29, 0.717) is 12.1 Å². The molecule has 0 saturated heterocycles. The lowest BCUT2D eigenvalue weighted by Crippen LogP contribution is -2.14. The molecule has 0 aliphatic heterocycles. The summed E-state index contributed by atoms with van der Waals surface area (Å²) >= 11 is 0. The number of nitrogens with zero attached hydrogens (tertiary/aromatic N) is 2. The number of aromatic nitrogens is 2. The number of hydroxylamine groups is 1. The maximum absolute atomic E-state index is 11.1. The summed E-state index contributed by atoms with van der Waals surface area (Å²) in [4.78, 5) is 18.8. The molecule has 0 spiro atoms. The Balaban J connectivity index is 1.77. The van der Waals surface area contributed by atoms with E-state index in [-0.39, 0.29) is 0 Å². The predicted octanol–water partition coefficient (Wildman–Crippen LogP) is 2.57. The van der Waals surface area contributed by atoms with E-state index in [0.717, 1.165) is 28.1 Å². The van der Waals surface area contributed by atoms with E-state index >= 15 is 0 Å². The van der Waals surface area contributed by atoms with Gasteiger partial charge in [0.15, 0.2) is 0 Å². The number of carbonyl (C=O) groups is 1. The fraction of sp³-hybridized carbons (Fsp3) is 0.0556. The first-order valence-corrected chi connectivity index (χ1v) is 7.53. The number of hydrogen-bond acceptors (Lipinski definition) is 5. The van der Waals surface area contributed by atoms with Crippen LogP contribution in [-0.2, 0) is 11.3 Å². The van der Waals surface area contributed by atoms with Crippen molar-refractivity contribution in [2.45, 2.75) is 6.54 Å². The average Bonchev–Trinajstić information content (AvgIpc) is 3.06. The number of H-pyrrole nitrogens is 1. The van der Waals surface area contributed by atoms with Crippen LogP contribution >= 0.6 is 0 Å². The van der Waals surface area contributed by atoms with Gasteiger partial charge in [0, 0.05) is 11.8 Å². The Morgan fingerprint density at radius 3 is 2.96 bits per heavy atom. The van der Waals surface area contributed by atoms with Gasteiger partial charge in [-0.05, 0) is 35.9 Å². The van der Waals surface area contributed by atoms with Gasteiger partial charge in [-0.25, -0.2) is 10.5 Å². The minimum absolute atomic E-state index is 0.452. The monoisotopic (exact) mass is 333 g/mol. The molecule has 124 valence electrons. The van der Waals surface area contributed by atoms with Gasteiger partial charge in [-0.1, -0.05) is 18.2 Å². The van der Waals surface area contributed by atoms with Crippen LogP contribution in [0, 0.1) is 11.3 Å². The molecule has 0 unspecified atom stereocenters. The van der Waals surface area contributed by atoms with Crippen LogP contribution in [0.3, 0.4) is 0 Å². The second-order valence-electron chi connectivity index (χ2n) is 5.28. The van der Waals surface area contributed by atoms with Crippen molar-refractivity contribution in [3.63, 3.8) is 0 Å². The van der Waals surface area contributed by atoms with Crippen molar-refractivity contribution in [2.24, 2.45) is 0 Å². The number of hydrogen-bond donors (Lipinski definition) is 4. The summed E-state index contributed by atoms with van der Waals surface area (Å²) in [5, 5.41) is 20.7. The quantitative estimate of drug-likeness (QED) is 0.325. The normalized spacial score (nSPS) is 10.7. The highest BCUT2D eigenvalue weighted by atomic mass is 16.5. The van der Waals surface area contributed by atoms with E-state index in [2.05, 4.69) is 21.4 Å². The Bertz CT molecular complexity index is 985. The molecule has 0 fully saturated rings. The van der Waals surface area contributed by atoms with Crippen LogP contribution in [0.1, 0.15) is 17.0 Å². The largest absolute Gasteiger partial charge is 0.377 e. The van der Waals surface area contributed by atoms with Crippen LogP contribution in [-0.4, -0.2) is 21.1 Å². The smallest absolute Gasteiger partial charge is 0.267 e. The summed E-state index contributed by atoms with van der Waals surface area (Å²) in [6, 6.07) is 14.9. The molecule has 4 N–H and O–H groups in total. The number of amides is 1. The number of aromatic amines is 1. The molecule has 0 bridgehead atoms. The number of nitriles is 1. The summed E-state index contributed by atoms with van der Waals surface area (Å²) in [6.45, 7) is 0.452. The van der Waals surface area contributed by atoms with Crippen LogP contribution in [0.5, 0.6) is 0 Å². The summed E-state index contributed by atoms with van der Waals surface area (Å²) < 4.78 is 0. The minimum atomic E-state index is -0.597. The highest BCUT2D eigenvalue weighted by Crippen LogP contribution is 2.18. The van der Waals surface area contributed by atoms with Crippen LogP contribution in [0.15, 0.2) is 48.5 Å². The highest BCUT2D eigenvalue weighted by molar-refractivity contribution is 5.91. The van der Waals surface area contributed by atoms with Crippen LogP contribution in [0.25, 0.3) is 17.1 Å². The van der Waals surface area contributed by atoms with Gasteiger partial charge in [0.1, 0.15) is 5.82 Å². The van der Waals surface area contributed by atoms with Crippen molar-refractivity contribution in [1.82, 2.24) is 15.4 Å². The number of para-hydroxylation sites is 1. The summed E-state index contributed by atoms with van der Waals surface area (Å²) in [5.41, 5.74) is 5.36. The SMILES string of the molecule is N#Cc1ccc2nc(CNc3ccccc3C=CC(=O)NO)[nH]c2c1. The zero-order valence-corrected chi connectivity index (χ0v) is 13.2. The highest BCUT2D eigenvalue weighted by Gasteiger charge is 2.05. The Hall–Kier alpha value is -3.63. The van der Waals surface area contributed by atoms with Gasteiger partial charge in [0.25, 0.3) is 5.91 Å². The average molecular weight is 333 g/mol. The van der Waals surface area contributed by atoms with E-state index < -0.39 is 5.91 Å². The number of fused-ring (bicyclic) bond motifs is 1. The number of imidazole rings is 1. The Labute approximate surface area is 143 Å². The lowest BCUT2D eigenvalue weighted by atomic mass is 10.1. The van der Waals surface area contributed by atoms with E-state index in [1.54, 1.807) is 29.8 Å². The number of rotatable bonds is 5. The third kappa shape index (κ3) is 3.83. The van der Waals surface area contributed by atoms with Crippen LogP contribution in [0.2, 0.25) is 0 Å². The molecule has 0 atom stereocenters. The number of anilines is 1. The number of benzene rings is 2. The van der Waals surface area contributed by atoms with Crippen molar-refractivity contribution in [1.29, 1.82) is 5.26 Å². The van der Waals surface area contributed by atoms with E-state index in [1.807, 2.05) is 24.3 Å². The van der Waals surface area contributed by atoms with Crippen molar-refractivity contribution >= 4 is 28.7 Å². The van der Waals surface area contributed by atoms with Gasteiger partial charge in [0.2, 0.25) is 0 Å². The van der Waals surface area contributed by atoms with Crippen molar-refractivity contribution < 1.29 is 10.0 Å². The molecule has 3 rings (SSSR count). The number of carbonyl (C=O) groups excluding carboxylic acids is 1. The predicted molar refractivity (Wildman–Crippen MR) is 93.5 cm³/mol. The fourth-order valence-corrected chi connectivity index (χ4v) is 2.40. The Morgan fingerprint density at radius 1 is 1.32 bits per heavy atom. The maximum atomic E-state index is 11.1. The Kier molecular flexibility index (Phi) is 4.74. The fourth-order valence-electron chi connectivity index (χ4n) is 2.40. The maximum Gasteiger partial charge on any atom is 0.267 e. The summed E-state index contributed by atoms with van der Waals surface area (Å²) in [7, 11) is 0. The standard InChI is InChI=1S/C18H15N5O2/c19-10-12-5-7-15-16(9-12)22-17(21-15)11-20-14-4-2-1-3-13(14)6-8-18(24)23-25/h1-9,20,25H,11H2,(H,21,22)(H,23,24). The molecule has 1 heterocycles. The molecule has 1 amide bonds. The second-order valence-corrected chi connectivity index (χ2v) is 5.28. The van der Waals surface area contributed by atoms with E-state index in [9.17, 15) is 4.79 Å². The molecular formula is C18H15N5O2. The topological polar surface area (TPSA) is 114 Å². The van der Waals surface area contributed by atoms with Gasteiger partial charge in [0.05, 0.1) is 29.2 Å². The lowest BCUT2D eigenvalue weighted by Gasteiger charge is -2.08. The molecule has 2 aromatic carbocycles. The molecule has 1 aromatic heterocycles. The van der Waals surface area contributed by atoms with Gasteiger partial charge in [-0.2, -0.15) is 5.26 Å². The first-order valence-electron chi connectivity index (χ1n) is 7.53. The lowest BCUT2D eigenvalue weighted by molar-refractivity contribution is -0.124. The van der Waals surface area contributed by atoms with Gasteiger partial charge < -0.3 is 10.3 Å². The van der Waals surface area contributed by atoms with Crippen molar-refractivity contribution in [3.05, 3.63) is 65.5 Å². The summed E-state index contributed by atoms with van der Waals surface area (Å²) in [6.07, 6.45) is 2.84. The molecule has 3 aromatic rings. The van der Waals surface area contributed by atoms with Gasteiger partial charge in [-0.3, -0.25) is 10.0 Å². The first-order chi connectivity index (χ1) is 12.2. The molecule has 0 radical (unpaired) electrons. The van der Waals surface area contributed by atoms with Crippen molar-refractivity contribution in [2.75, 3.05) is 5.32 Å². The Morgan fingerprint density at radius 2 is 2.16 bits per heavy atom. The molecule has 7 heteroatoms. The first kappa shape index (κ1) is 16.2. The van der Waals surface area contributed by atoms with Gasteiger partial charge >= 0.3 is 0 Å². The molecule has 25 heavy (non-hydrogen) atoms. The van der Waals surface area contributed by atoms with E-state index in [1.165, 1.54) is 6.08 Å². The molecular weight excluding hydrogens is 318 g/mol. The van der Waals surface area contributed by atoms with Crippen molar-refractivity contribution in [3.8, 4) is 6.07 Å². The van der Waals surface area contributed by atoms with Gasteiger partial charge in [-0.15, -0.1) is 0 Å². The zero-order chi connectivity index (χ0) is 17.6. The third-order valence-electron chi connectivity index (χ3n) is 3.59. The molecule has 0 aliphatic carbocycles. The van der Waals surface area contributed by atoms with E-state index in [4.69, 9.17) is 10.5 Å². The number of nitrogens with one attached hydrogen (secondary N) is 3. The molecule has 0 saturated carbocycles. The second kappa shape index (κ2) is 7.29. The third-order valence-corrected chi connectivity index (χ3v) is 3.59. The molecule has 7 nitrogen and oxygen atoms in total. The zero-order valence-electron chi connectivity index (χ0n) is 13.2. The molecule has 0 aliphatic rings. The van der Waals surface area contributed by atoms with Crippen LogP contribution in [0.4, 0.5) is 5.69 Å². The van der Waals surface area contributed by atoms with Crippen LogP contribution < -0.4 is 10.8 Å². The summed E-state index contributed by atoms with van der Waals surface area (Å²) in [5.74, 6) is 0.136.